The Morgan fingerprint density at radius 3 is 2.50 bits per heavy atom. The molecule has 206 valence electrons. The fraction of sp³-hybridized carbons (Fsp3) is 0.281. The van der Waals surface area contributed by atoms with Gasteiger partial charge in [-0.1, -0.05) is 35.6 Å². The third kappa shape index (κ3) is 6.31. The molecule has 0 aliphatic rings. The maximum absolute atomic E-state index is 12.9. The Morgan fingerprint density at radius 1 is 0.900 bits per heavy atom. The first-order chi connectivity index (χ1) is 19.6. The van der Waals surface area contributed by atoms with Gasteiger partial charge in [-0.15, -0.1) is 0 Å². The van der Waals surface area contributed by atoms with Crippen molar-refractivity contribution in [3.63, 3.8) is 0 Å². The van der Waals surface area contributed by atoms with E-state index in [4.69, 9.17) is 14.2 Å². The molecule has 0 unspecified atom stereocenters. The van der Waals surface area contributed by atoms with Gasteiger partial charge in [0.25, 0.3) is 5.91 Å². The lowest BCUT2D eigenvalue weighted by atomic mass is 9.99. The number of hydrogen-bond acceptors (Lipinski definition) is 5. The van der Waals surface area contributed by atoms with Crippen molar-refractivity contribution in [3.05, 3.63) is 89.6 Å². The minimum absolute atomic E-state index is 0.0312. The topological polar surface area (TPSA) is 64.6 Å². The molecule has 1 amide bonds. The molecule has 0 atom stereocenters. The quantitative estimate of drug-likeness (QED) is 0.184. The maximum atomic E-state index is 12.9. The number of carbonyl (C=O) groups excluding carboxylic acids is 1. The van der Waals surface area contributed by atoms with E-state index in [0.717, 1.165) is 44.0 Å². The Morgan fingerprint density at radius 2 is 1.70 bits per heavy atom. The van der Waals surface area contributed by atoms with E-state index in [0.29, 0.717) is 26.4 Å². The smallest absolute Gasteiger partial charge is 0.286 e. The zero-order chi connectivity index (χ0) is 27.9. The number of para-hydroxylation sites is 1. The highest BCUT2D eigenvalue weighted by Gasteiger charge is 2.24. The van der Waals surface area contributed by atoms with Crippen molar-refractivity contribution in [1.82, 2.24) is 5.32 Å². The van der Waals surface area contributed by atoms with E-state index in [-0.39, 0.29) is 12.5 Å². The van der Waals surface area contributed by atoms with Crippen molar-refractivity contribution in [2.24, 2.45) is 7.05 Å². The average Bonchev–Trinajstić information content (AvgIpc) is 3.32. The number of pyridine rings is 1. The van der Waals surface area contributed by atoms with Gasteiger partial charge in [-0.3, -0.25) is 4.79 Å². The lowest BCUT2D eigenvalue weighted by molar-refractivity contribution is -0.661. The van der Waals surface area contributed by atoms with Crippen LogP contribution in [0.25, 0.3) is 32.2 Å². The summed E-state index contributed by atoms with van der Waals surface area (Å²) in [5.41, 5.74) is 5.74. The number of benzene rings is 3. The zero-order valence-electron chi connectivity index (χ0n) is 23.2. The van der Waals surface area contributed by atoms with Gasteiger partial charge in [-0.25, -0.2) is 4.57 Å². The number of carbonyl (C=O) groups is 1. The van der Waals surface area contributed by atoms with Crippen LogP contribution in [0.3, 0.4) is 0 Å². The molecule has 7 nitrogen and oxygen atoms in total. The minimum Gasteiger partial charge on any atom is -0.497 e. The van der Waals surface area contributed by atoms with Crippen LogP contribution in [-0.2, 0) is 34.3 Å². The molecule has 8 heteroatoms. The Bertz CT molecular complexity index is 1610. The summed E-state index contributed by atoms with van der Waals surface area (Å²) < 4.78 is 21.3. The second-order valence-electron chi connectivity index (χ2n) is 9.59. The van der Waals surface area contributed by atoms with Crippen LogP contribution in [0.4, 0.5) is 0 Å². The summed E-state index contributed by atoms with van der Waals surface area (Å²) >= 11 is 1.74. The molecule has 1 N–H and O–H groups in total. The summed E-state index contributed by atoms with van der Waals surface area (Å²) in [6.07, 6.45) is 2.83. The Balaban J connectivity index is 1.43. The van der Waals surface area contributed by atoms with E-state index in [9.17, 15) is 4.79 Å². The first kappa shape index (κ1) is 27.7. The predicted octanol–water partition coefficient (Wildman–Crippen LogP) is 4.21. The number of thiazole rings is 1. The number of methoxy groups -OCH3 is 2. The monoisotopic (exact) mass is 557 g/mol. The first-order valence-electron chi connectivity index (χ1n) is 13.4. The molecular formula is C32H35N3O4S+2. The minimum atomic E-state index is -0.0312. The zero-order valence-corrected chi connectivity index (χ0v) is 24.0. The lowest BCUT2D eigenvalue weighted by Crippen LogP contribution is -2.45. The predicted molar refractivity (Wildman–Crippen MR) is 158 cm³/mol. The van der Waals surface area contributed by atoms with Crippen molar-refractivity contribution in [3.8, 4) is 16.9 Å². The first-order valence-corrected chi connectivity index (χ1v) is 14.2. The number of amides is 1. The third-order valence-electron chi connectivity index (χ3n) is 6.97. The molecule has 0 aliphatic heterocycles. The molecule has 5 rings (SSSR count). The molecule has 0 aliphatic carbocycles. The molecule has 0 saturated heterocycles. The highest BCUT2D eigenvalue weighted by molar-refractivity contribution is 7.18. The summed E-state index contributed by atoms with van der Waals surface area (Å²) in [5, 5.41) is 5.32. The van der Waals surface area contributed by atoms with E-state index >= 15 is 0 Å². The average molecular weight is 558 g/mol. The van der Waals surface area contributed by atoms with Crippen molar-refractivity contribution in [2.75, 3.05) is 40.6 Å². The van der Waals surface area contributed by atoms with E-state index in [1.165, 1.54) is 10.9 Å². The number of nitrogens with one attached hydrogen (secondary N) is 1. The molecule has 0 spiro atoms. The Labute approximate surface area is 238 Å². The van der Waals surface area contributed by atoms with E-state index in [1.54, 1.807) is 25.6 Å². The summed E-state index contributed by atoms with van der Waals surface area (Å²) in [4.78, 5) is 12.9. The van der Waals surface area contributed by atoms with Crippen LogP contribution in [0.2, 0.25) is 0 Å². The number of ether oxygens (including phenoxy) is 3. The number of aromatic nitrogens is 2. The van der Waals surface area contributed by atoms with Gasteiger partial charge in [0.2, 0.25) is 22.6 Å². The van der Waals surface area contributed by atoms with Crippen LogP contribution >= 0.6 is 11.3 Å². The van der Waals surface area contributed by atoms with Gasteiger partial charge in [0.15, 0.2) is 6.20 Å². The van der Waals surface area contributed by atoms with Crippen molar-refractivity contribution >= 4 is 38.4 Å². The van der Waals surface area contributed by atoms with Crippen molar-refractivity contribution in [1.29, 1.82) is 0 Å². The number of fused-ring (bicyclic) bond motifs is 2. The van der Waals surface area contributed by atoms with Crippen molar-refractivity contribution in [2.45, 2.75) is 13.0 Å². The van der Waals surface area contributed by atoms with Crippen molar-refractivity contribution < 1.29 is 28.1 Å². The second-order valence-corrected chi connectivity index (χ2v) is 10.7. The Kier molecular flexibility index (Phi) is 9.01. The highest BCUT2D eigenvalue weighted by atomic mass is 32.1. The van der Waals surface area contributed by atoms with Crippen LogP contribution in [0.15, 0.2) is 79.0 Å². The normalized spacial score (nSPS) is 11.3. The molecule has 5 aromatic rings. The van der Waals surface area contributed by atoms with E-state index < -0.39 is 0 Å². The molecule has 0 saturated carbocycles. The van der Waals surface area contributed by atoms with Gasteiger partial charge >= 0.3 is 0 Å². The van der Waals surface area contributed by atoms with E-state index in [1.807, 2.05) is 24.3 Å². The van der Waals surface area contributed by atoms with E-state index in [2.05, 4.69) is 76.2 Å². The van der Waals surface area contributed by atoms with Gasteiger partial charge in [0.1, 0.15) is 17.5 Å². The number of hydrogen-bond donors (Lipinski definition) is 1. The van der Waals surface area contributed by atoms with Gasteiger partial charge < -0.3 is 19.5 Å². The second kappa shape index (κ2) is 13.0. The number of rotatable bonds is 12. The lowest BCUT2D eigenvalue weighted by Gasteiger charge is -2.08. The molecule has 40 heavy (non-hydrogen) atoms. The summed E-state index contributed by atoms with van der Waals surface area (Å²) in [6.45, 7) is 2.24. The summed E-state index contributed by atoms with van der Waals surface area (Å²) in [5.74, 6) is 0.810. The third-order valence-corrected chi connectivity index (χ3v) is 8.14. The van der Waals surface area contributed by atoms with Gasteiger partial charge in [-0.05, 0) is 47.0 Å². The molecular weight excluding hydrogens is 522 g/mol. The SMILES string of the molecule is COCCOCCNC(=O)C[n+]1c(Cc2cc[n+](C)c3ccc(-c4ccc(OC)cc4)cc23)sc2ccccc21. The number of aryl methyl sites for hydroxylation is 1. The standard InChI is InChI=1S/C32H34N3O4S/c1-34-16-14-25(27-20-24(10-13-28(27)34)23-8-11-26(38-3)12-9-23)21-32-35(29-6-4-5-7-30(29)40-32)22-31(36)33-15-17-39-19-18-37-2/h4-14,16,20H,15,17-19,21-22H2,1-3H3/q+1/p+1. The fourth-order valence-electron chi connectivity index (χ4n) is 4.85. The van der Waals surface area contributed by atoms with Crippen LogP contribution in [0.5, 0.6) is 5.75 Å². The van der Waals surface area contributed by atoms with Crippen LogP contribution in [0.1, 0.15) is 10.6 Å². The molecule has 2 heterocycles. The Hall–Kier alpha value is -3.85. The summed E-state index contributed by atoms with van der Waals surface area (Å²) in [7, 11) is 5.39. The molecule has 0 bridgehead atoms. The van der Waals surface area contributed by atoms with Crippen LogP contribution in [-0.4, -0.2) is 46.5 Å². The van der Waals surface area contributed by atoms with Gasteiger partial charge in [0, 0.05) is 31.9 Å². The maximum Gasteiger partial charge on any atom is 0.286 e. The number of nitrogens with zero attached hydrogens (tertiary/aromatic N) is 2. The molecule has 0 radical (unpaired) electrons. The summed E-state index contributed by atoms with van der Waals surface area (Å²) in [6, 6.07) is 25.2. The van der Waals surface area contributed by atoms with Gasteiger partial charge in [0.05, 0.1) is 38.7 Å². The molecule has 0 fully saturated rings. The molecule has 3 aromatic carbocycles. The molecule has 2 aromatic heterocycles. The van der Waals surface area contributed by atoms with Crippen LogP contribution in [0, 0.1) is 0 Å². The fourth-order valence-corrected chi connectivity index (χ4v) is 6.03. The largest absolute Gasteiger partial charge is 0.497 e. The highest BCUT2D eigenvalue weighted by Crippen LogP contribution is 2.29. The van der Waals surface area contributed by atoms with Crippen LogP contribution < -0.4 is 19.2 Å². The van der Waals surface area contributed by atoms with Gasteiger partial charge in [-0.2, -0.15) is 4.57 Å².